The molecular formula is C22H27N3O5. The first-order chi connectivity index (χ1) is 14.6. The number of aliphatic hydroxyl groups is 1. The zero-order valence-corrected chi connectivity index (χ0v) is 17.1. The molecule has 0 amide bonds. The van der Waals surface area contributed by atoms with Gasteiger partial charge < -0.3 is 24.1 Å². The van der Waals surface area contributed by atoms with Gasteiger partial charge in [0.15, 0.2) is 0 Å². The number of azide groups is 1. The van der Waals surface area contributed by atoms with Crippen molar-refractivity contribution in [3.8, 4) is 5.75 Å². The molecule has 1 saturated heterocycles. The minimum atomic E-state index is -0.990. The molecule has 0 spiro atoms. The fourth-order valence-electron chi connectivity index (χ4n) is 3.45. The molecule has 1 heterocycles. The first-order valence-corrected chi connectivity index (χ1v) is 9.86. The molecule has 1 N–H and O–H groups in total. The molecule has 0 radical (unpaired) electrons. The van der Waals surface area contributed by atoms with E-state index >= 15 is 0 Å². The van der Waals surface area contributed by atoms with Crippen LogP contribution in [-0.2, 0) is 27.4 Å². The standard InChI is InChI=1S/C22H27N3O5/c1-15-20(24-25-23)22(29-13-16-6-4-3-5-7-16)21(26)19(30-15)14-28-12-17-8-10-18(27-2)11-9-17/h3-11,15,19-22,26H,12-14H2,1-2H3. The molecular weight excluding hydrogens is 386 g/mol. The molecule has 8 nitrogen and oxygen atoms in total. The average molecular weight is 413 g/mol. The lowest BCUT2D eigenvalue weighted by atomic mass is 9.94. The van der Waals surface area contributed by atoms with E-state index in [0.717, 1.165) is 16.9 Å². The quantitative estimate of drug-likeness (QED) is 0.384. The van der Waals surface area contributed by atoms with Crippen LogP contribution in [0.2, 0.25) is 0 Å². The van der Waals surface area contributed by atoms with Crippen LogP contribution >= 0.6 is 0 Å². The fraction of sp³-hybridized carbons (Fsp3) is 0.455. The Kier molecular flexibility index (Phi) is 8.07. The Balaban J connectivity index is 1.61. The maximum atomic E-state index is 10.9. The second-order valence-electron chi connectivity index (χ2n) is 7.19. The Labute approximate surface area is 176 Å². The van der Waals surface area contributed by atoms with Crippen LogP contribution in [0.1, 0.15) is 18.1 Å². The van der Waals surface area contributed by atoms with Crippen molar-refractivity contribution >= 4 is 0 Å². The van der Waals surface area contributed by atoms with E-state index in [2.05, 4.69) is 10.0 Å². The highest BCUT2D eigenvalue weighted by Crippen LogP contribution is 2.27. The van der Waals surface area contributed by atoms with Crippen molar-refractivity contribution in [2.45, 2.75) is 50.6 Å². The third-order valence-electron chi connectivity index (χ3n) is 5.10. The van der Waals surface area contributed by atoms with Crippen LogP contribution in [0.5, 0.6) is 5.75 Å². The molecule has 0 bridgehead atoms. The summed E-state index contributed by atoms with van der Waals surface area (Å²) in [6, 6.07) is 16.6. The van der Waals surface area contributed by atoms with Gasteiger partial charge in [-0.25, -0.2) is 0 Å². The smallest absolute Gasteiger partial charge is 0.118 e. The zero-order valence-electron chi connectivity index (χ0n) is 17.1. The first kappa shape index (κ1) is 22.1. The molecule has 8 heteroatoms. The second-order valence-corrected chi connectivity index (χ2v) is 7.19. The Morgan fingerprint density at radius 3 is 2.43 bits per heavy atom. The van der Waals surface area contributed by atoms with Crippen LogP contribution in [0.25, 0.3) is 10.4 Å². The fourth-order valence-corrected chi connectivity index (χ4v) is 3.45. The van der Waals surface area contributed by atoms with Crippen molar-refractivity contribution in [2.75, 3.05) is 13.7 Å². The largest absolute Gasteiger partial charge is 0.497 e. The molecule has 3 rings (SSSR count). The number of hydrogen-bond acceptors (Lipinski definition) is 6. The number of ether oxygens (including phenoxy) is 4. The van der Waals surface area contributed by atoms with Gasteiger partial charge in [-0.2, -0.15) is 0 Å². The summed E-state index contributed by atoms with van der Waals surface area (Å²) in [5.41, 5.74) is 10.9. The average Bonchev–Trinajstić information content (AvgIpc) is 2.78. The molecule has 1 aliphatic rings. The van der Waals surface area contributed by atoms with E-state index in [0.29, 0.717) is 13.2 Å². The second kappa shape index (κ2) is 11.0. The highest BCUT2D eigenvalue weighted by molar-refractivity contribution is 5.26. The number of aliphatic hydroxyl groups excluding tert-OH is 1. The third-order valence-corrected chi connectivity index (χ3v) is 5.10. The predicted molar refractivity (Wildman–Crippen MR) is 111 cm³/mol. The summed E-state index contributed by atoms with van der Waals surface area (Å²) in [6.07, 6.45) is -2.69. The topological polar surface area (TPSA) is 106 Å². The molecule has 160 valence electrons. The van der Waals surface area contributed by atoms with E-state index < -0.39 is 30.5 Å². The lowest BCUT2D eigenvalue weighted by molar-refractivity contribution is -0.206. The van der Waals surface area contributed by atoms with Crippen molar-refractivity contribution in [1.82, 2.24) is 0 Å². The lowest BCUT2D eigenvalue weighted by Crippen LogP contribution is -2.58. The van der Waals surface area contributed by atoms with Crippen LogP contribution < -0.4 is 4.74 Å². The Morgan fingerprint density at radius 1 is 1.07 bits per heavy atom. The normalized spacial score (nSPS) is 26.0. The van der Waals surface area contributed by atoms with Crippen LogP contribution in [0.4, 0.5) is 0 Å². The molecule has 0 saturated carbocycles. The van der Waals surface area contributed by atoms with Gasteiger partial charge in [-0.1, -0.05) is 47.6 Å². The summed E-state index contributed by atoms with van der Waals surface area (Å²) in [7, 11) is 1.62. The predicted octanol–water partition coefficient (Wildman–Crippen LogP) is 3.62. The van der Waals surface area contributed by atoms with Crippen molar-refractivity contribution < 1.29 is 24.1 Å². The van der Waals surface area contributed by atoms with Gasteiger partial charge in [0.1, 0.15) is 18.0 Å². The summed E-state index contributed by atoms with van der Waals surface area (Å²) < 4.78 is 22.8. The molecule has 5 atom stereocenters. The zero-order chi connectivity index (χ0) is 21.3. The molecule has 1 fully saturated rings. The molecule has 30 heavy (non-hydrogen) atoms. The van der Waals surface area contributed by atoms with Crippen LogP contribution in [0, 0.1) is 0 Å². The van der Waals surface area contributed by atoms with E-state index in [1.807, 2.05) is 54.6 Å². The van der Waals surface area contributed by atoms with E-state index in [4.69, 9.17) is 24.5 Å². The number of benzene rings is 2. The number of nitrogens with zero attached hydrogens (tertiary/aromatic N) is 3. The van der Waals surface area contributed by atoms with E-state index in [1.165, 1.54) is 0 Å². The summed E-state index contributed by atoms with van der Waals surface area (Å²) in [4.78, 5) is 2.90. The Morgan fingerprint density at radius 2 is 1.77 bits per heavy atom. The highest BCUT2D eigenvalue weighted by Gasteiger charge is 2.44. The third kappa shape index (κ3) is 5.72. The van der Waals surface area contributed by atoms with Crippen LogP contribution in [0.3, 0.4) is 0 Å². The maximum absolute atomic E-state index is 10.9. The molecule has 5 unspecified atom stereocenters. The summed E-state index contributed by atoms with van der Waals surface area (Å²) in [5, 5.41) is 14.7. The van der Waals surface area contributed by atoms with Gasteiger partial charge in [0.2, 0.25) is 0 Å². The molecule has 1 aliphatic heterocycles. The Bertz CT molecular complexity index is 826. The van der Waals surface area contributed by atoms with E-state index in [9.17, 15) is 5.11 Å². The number of hydrogen-bond donors (Lipinski definition) is 1. The summed E-state index contributed by atoms with van der Waals surface area (Å²) in [6.45, 7) is 2.67. The molecule has 0 aromatic heterocycles. The maximum Gasteiger partial charge on any atom is 0.118 e. The SMILES string of the molecule is COc1ccc(COCC2OC(C)C(N=[N+]=[N-])C(OCc3ccccc3)C2O)cc1. The molecule has 0 aliphatic carbocycles. The lowest BCUT2D eigenvalue weighted by Gasteiger charge is -2.42. The van der Waals surface area contributed by atoms with Gasteiger partial charge >= 0.3 is 0 Å². The first-order valence-electron chi connectivity index (χ1n) is 9.86. The van der Waals surface area contributed by atoms with Crippen LogP contribution in [0.15, 0.2) is 59.7 Å². The molecule has 2 aromatic carbocycles. The van der Waals surface area contributed by atoms with E-state index in [1.54, 1.807) is 14.0 Å². The van der Waals surface area contributed by atoms with Crippen molar-refractivity contribution in [3.63, 3.8) is 0 Å². The minimum absolute atomic E-state index is 0.186. The summed E-state index contributed by atoms with van der Waals surface area (Å²) >= 11 is 0. The monoisotopic (exact) mass is 413 g/mol. The van der Waals surface area contributed by atoms with Gasteiger partial charge in [-0.05, 0) is 35.7 Å². The minimum Gasteiger partial charge on any atom is -0.497 e. The number of rotatable bonds is 9. The summed E-state index contributed by atoms with van der Waals surface area (Å²) in [5.74, 6) is 0.779. The molecule has 2 aromatic rings. The Hall–Kier alpha value is -2.61. The van der Waals surface area contributed by atoms with Gasteiger partial charge in [-0.3, -0.25) is 0 Å². The van der Waals surface area contributed by atoms with Crippen molar-refractivity contribution in [1.29, 1.82) is 0 Å². The number of methoxy groups -OCH3 is 1. The van der Waals surface area contributed by atoms with Gasteiger partial charge in [0, 0.05) is 4.91 Å². The van der Waals surface area contributed by atoms with Crippen molar-refractivity contribution in [3.05, 3.63) is 76.2 Å². The van der Waals surface area contributed by atoms with E-state index in [-0.39, 0.29) is 6.61 Å². The van der Waals surface area contributed by atoms with Gasteiger partial charge in [0.25, 0.3) is 0 Å². The van der Waals surface area contributed by atoms with Crippen LogP contribution in [-0.4, -0.2) is 49.3 Å². The van der Waals surface area contributed by atoms with Gasteiger partial charge in [0.05, 0.1) is 45.2 Å². The van der Waals surface area contributed by atoms with Crippen molar-refractivity contribution in [2.24, 2.45) is 5.11 Å². The highest BCUT2D eigenvalue weighted by atomic mass is 16.6. The van der Waals surface area contributed by atoms with Gasteiger partial charge in [-0.15, -0.1) is 0 Å².